The summed E-state index contributed by atoms with van der Waals surface area (Å²) in [6.07, 6.45) is -8.58. The minimum Gasteiger partial charge on any atom is -0.457 e. The van der Waals surface area contributed by atoms with Crippen LogP contribution in [0.3, 0.4) is 0 Å². The highest BCUT2D eigenvalue weighted by atomic mass is 19.4. The lowest BCUT2D eigenvalue weighted by Crippen LogP contribution is -2.08. The van der Waals surface area contributed by atoms with Gasteiger partial charge in [-0.15, -0.1) is 0 Å². The maximum Gasteiger partial charge on any atom is 0.420 e. The Kier molecular flexibility index (Phi) is 8.32. The number of alkyl halides is 6. The molecule has 1 aliphatic rings. The van der Waals surface area contributed by atoms with Gasteiger partial charge in [0.05, 0.1) is 11.4 Å². The van der Waals surface area contributed by atoms with Gasteiger partial charge in [0.25, 0.3) is 0 Å². The Morgan fingerprint density at radius 1 is 0.537 bits per heavy atom. The number of hydrogen-bond acceptors (Lipinski definition) is 5. The first-order valence-electron chi connectivity index (χ1n) is 16.6. The van der Waals surface area contributed by atoms with Gasteiger partial charge in [-0.1, -0.05) is 36.4 Å². The quantitative estimate of drug-likeness (QED) is 0.112. The van der Waals surface area contributed by atoms with Gasteiger partial charge in [0, 0.05) is 28.1 Å². The van der Waals surface area contributed by atoms with Crippen molar-refractivity contribution in [2.45, 2.75) is 18.8 Å². The van der Waals surface area contributed by atoms with E-state index in [1.807, 2.05) is 18.2 Å². The van der Waals surface area contributed by atoms with Gasteiger partial charge >= 0.3 is 12.4 Å². The molecule has 0 atom stereocenters. The van der Waals surface area contributed by atoms with Crippen LogP contribution in [0.25, 0.3) is 45.0 Å². The molecule has 8 rings (SSSR count). The number of fused-ring (bicyclic) bond motifs is 3. The Morgan fingerprint density at radius 3 is 1.63 bits per heavy atom. The van der Waals surface area contributed by atoms with E-state index in [9.17, 15) is 26.3 Å². The Hall–Kier alpha value is -6.69. The number of halogens is 6. The van der Waals surface area contributed by atoms with Crippen LogP contribution in [0.1, 0.15) is 22.3 Å². The fraction of sp³-hybridized carbons (Fsp3) is 0.0714. The number of ether oxygens (including phenoxy) is 2. The predicted molar refractivity (Wildman–Crippen MR) is 195 cm³/mol. The van der Waals surface area contributed by atoms with Crippen molar-refractivity contribution in [1.82, 2.24) is 9.97 Å². The van der Waals surface area contributed by atoms with Crippen LogP contribution in [-0.4, -0.2) is 9.97 Å². The predicted octanol–water partition coefficient (Wildman–Crippen LogP) is 11.8. The molecule has 5 N–H and O–H groups in total. The van der Waals surface area contributed by atoms with E-state index < -0.39 is 35.0 Å². The Morgan fingerprint density at radius 2 is 1.06 bits per heavy atom. The van der Waals surface area contributed by atoms with Crippen LogP contribution in [0.2, 0.25) is 0 Å². The van der Waals surface area contributed by atoms with E-state index in [4.69, 9.17) is 25.9 Å². The number of nitrogens with zero attached hydrogens (tertiary/aromatic N) is 1. The largest absolute Gasteiger partial charge is 0.457 e. The minimum atomic E-state index is -4.68. The van der Waals surface area contributed by atoms with Gasteiger partial charge in [-0.2, -0.15) is 26.3 Å². The van der Waals surface area contributed by atoms with E-state index in [2.05, 4.69) is 29.2 Å². The molecule has 12 heteroatoms. The molecule has 7 aromatic rings. The highest BCUT2D eigenvalue weighted by Gasteiger charge is 2.36. The van der Waals surface area contributed by atoms with E-state index in [1.165, 1.54) is 35.4 Å². The standard InChI is InChI=1S/C42H28F6N4O2/c43-41(44,45)34-21-28(49)10-17-36(34)53-30-12-5-23(6-13-30)38-39(24-7-14-31(15-8-24)54-37-18-11-29(50)22-35(37)42(46,47)48)52-40(51-38)26-9-16-33-27(20-26)19-25-3-1-2-4-32(25)33/h1-18,20-22H,19,49-50H2,(H,51,52). The number of rotatable bonds is 7. The highest BCUT2D eigenvalue weighted by Crippen LogP contribution is 2.43. The van der Waals surface area contributed by atoms with Crippen LogP contribution in [0.4, 0.5) is 37.7 Å². The van der Waals surface area contributed by atoms with Crippen LogP contribution < -0.4 is 20.9 Å². The first-order valence-corrected chi connectivity index (χ1v) is 16.6. The maximum absolute atomic E-state index is 13.7. The van der Waals surface area contributed by atoms with Crippen molar-refractivity contribution in [2.75, 3.05) is 11.5 Å². The van der Waals surface area contributed by atoms with Crippen molar-refractivity contribution in [3.05, 3.63) is 150 Å². The van der Waals surface area contributed by atoms with E-state index in [0.717, 1.165) is 35.2 Å². The maximum atomic E-state index is 13.7. The van der Waals surface area contributed by atoms with Crippen LogP contribution in [0.5, 0.6) is 23.0 Å². The van der Waals surface area contributed by atoms with E-state index in [-0.39, 0.29) is 22.9 Å². The zero-order valence-corrected chi connectivity index (χ0v) is 28.0. The number of aromatic nitrogens is 2. The number of H-pyrrole nitrogens is 1. The molecule has 0 spiro atoms. The lowest BCUT2D eigenvalue weighted by Gasteiger charge is -2.15. The average Bonchev–Trinajstić information content (AvgIpc) is 3.75. The van der Waals surface area contributed by atoms with Gasteiger partial charge in [-0.25, -0.2) is 4.98 Å². The number of nitrogen functional groups attached to an aromatic ring is 2. The summed E-state index contributed by atoms with van der Waals surface area (Å²) in [5.74, 6) is 0.0987. The molecule has 0 unspecified atom stereocenters. The summed E-state index contributed by atoms with van der Waals surface area (Å²) in [5, 5.41) is 0. The second kappa shape index (κ2) is 13.1. The topological polar surface area (TPSA) is 99.2 Å². The van der Waals surface area contributed by atoms with Gasteiger partial charge in [-0.05, 0) is 120 Å². The number of nitrogens with one attached hydrogen (secondary N) is 1. The molecule has 0 fully saturated rings. The third kappa shape index (κ3) is 6.69. The fourth-order valence-electron chi connectivity index (χ4n) is 6.56. The third-order valence-corrected chi connectivity index (χ3v) is 9.12. The zero-order valence-electron chi connectivity index (χ0n) is 28.0. The second-order valence-corrected chi connectivity index (χ2v) is 12.8. The molecule has 0 saturated carbocycles. The summed E-state index contributed by atoms with van der Waals surface area (Å²) in [4.78, 5) is 8.41. The normalized spacial score (nSPS) is 12.3. The van der Waals surface area contributed by atoms with Crippen molar-refractivity contribution in [2.24, 2.45) is 0 Å². The van der Waals surface area contributed by atoms with Crippen molar-refractivity contribution in [1.29, 1.82) is 0 Å². The molecule has 1 aromatic heterocycles. The van der Waals surface area contributed by atoms with E-state index >= 15 is 0 Å². The molecule has 1 heterocycles. The first kappa shape index (κ1) is 34.4. The molecule has 0 radical (unpaired) electrons. The minimum absolute atomic E-state index is 0.0450. The van der Waals surface area contributed by atoms with Gasteiger partial charge < -0.3 is 25.9 Å². The van der Waals surface area contributed by atoms with Gasteiger partial charge in [0.15, 0.2) is 0 Å². The lowest BCUT2D eigenvalue weighted by atomic mass is 10.0. The number of hydrogen-bond donors (Lipinski definition) is 3. The number of imidazole rings is 1. The van der Waals surface area contributed by atoms with Crippen molar-refractivity contribution < 1.29 is 35.8 Å². The summed E-state index contributed by atoms with van der Waals surface area (Å²) >= 11 is 0. The number of aromatic amines is 1. The van der Waals surface area contributed by atoms with Gasteiger partial charge in [0.2, 0.25) is 0 Å². The zero-order chi connectivity index (χ0) is 37.8. The average molecular weight is 735 g/mol. The lowest BCUT2D eigenvalue weighted by molar-refractivity contribution is -0.139. The van der Waals surface area contributed by atoms with Crippen LogP contribution >= 0.6 is 0 Å². The van der Waals surface area contributed by atoms with Crippen LogP contribution in [0.15, 0.2) is 127 Å². The van der Waals surface area contributed by atoms with E-state index in [0.29, 0.717) is 28.3 Å². The molecule has 54 heavy (non-hydrogen) atoms. The highest BCUT2D eigenvalue weighted by molar-refractivity contribution is 5.84. The van der Waals surface area contributed by atoms with Crippen molar-refractivity contribution >= 4 is 11.4 Å². The van der Waals surface area contributed by atoms with Gasteiger partial charge in [0.1, 0.15) is 39.9 Å². The second-order valence-electron chi connectivity index (χ2n) is 12.8. The number of anilines is 2. The molecule has 0 amide bonds. The van der Waals surface area contributed by atoms with Crippen molar-refractivity contribution in [3.8, 4) is 68.0 Å². The molecule has 6 aromatic carbocycles. The molecule has 0 aliphatic heterocycles. The SMILES string of the molecule is Nc1ccc(Oc2ccc(-c3nc(-c4ccc5c(c4)Cc4ccccc4-5)[nH]c3-c3ccc(Oc4ccc(N)cc4C(F)(F)F)cc3)cc2)c(C(F)(F)F)c1. The fourth-order valence-corrected chi connectivity index (χ4v) is 6.56. The van der Waals surface area contributed by atoms with Crippen LogP contribution in [-0.2, 0) is 18.8 Å². The third-order valence-electron chi connectivity index (χ3n) is 9.12. The monoisotopic (exact) mass is 734 g/mol. The summed E-state index contributed by atoms with van der Waals surface area (Å²) < 4.78 is 93.6. The Bertz CT molecular complexity index is 2400. The summed E-state index contributed by atoms with van der Waals surface area (Å²) in [6, 6.07) is 33.9. The number of nitrogens with two attached hydrogens (primary N) is 2. The summed E-state index contributed by atoms with van der Waals surface area (Å²) in [5.41, 5.74) is 17.1. The molecule has 1 aliphatic carbocycles. The molecule has 6 nitrogen and oxygen atoms in total. The first-order chi connectivity index (χ1) is 25.8. The van der Waals surface area contributed by atoms with Crippen molar-refractivity contribution in [3.63, 3.8) is 0 Å². The molecule has 0 bridgehead atoms. The molecular weight excluding hydrogens is 706 g/mol. The molecular formula is C42H28F6N4O2. The molecule has 0 saturated heterocycles. The molecule has 270 valence electrons. The van der Waals surface area contributed by atoms with Crippen LogP contribution in [0, 0.1) is 0 Å². The van der Waals surface area contributed by atoms with E-state index in [1.54, 1.807) is 48.5 Å². The number of benzene rings is 6. The summed E-state index contributed by atoms with van der Waals surface area (Å²) in [7, 11) is 0. The van der Waals surface area contributed by atoms with Gasteiger partial charge in [-0.3, -0.25) is 0 Å². The smallest absolute Gasteiger partial charge is 0.420 e. The summed E-state index contributed by atoms with van der Waals surface area (Å²) in [6.45, 7) is 0. The Labute approximate surface area is 304 Å². The Balaban J connectivity index is 1.15.